The van der Waals surface area contributed by atoms with E-state index in [4.69, 9.17) is 5.73 Å². The third-order valence-electron chi connectivity index (χ3n) is 2.74. The molecular weight excluding hydrogens is 176 g/mol. The minimum absolute atomic E-state index is 0.0367. The zero-order chi connectivity index (χ0) is 10.1. The summed E-state index contributed by atoms with van der Waals surface area (Å²) in [6, 6.07) is 8.18. The molecule has 0 atom stereocenters. The molecule has 1 amide bonds. The SMILES string of the molecule is Cc1ccccc1N1CC(C(N)=O)C1. The molecule has 1 fully saturated rings. The van der Waals surface area contributed by atoms with E-state index in [1.807, 2.05) is 12.1 Å². The predicted molar refractivity (Wildman–Crippen MR) is 56.1 cm³/mol. The molecule has 1 heterocycles. The summed E-state index contributed by atoms with van der Waals surface area (Å²) in [5.74, 6) is -0.149. The monoisotopic (exact) mass is 190 g/mol. The summed E-state index contributed by atoms with van der Waals surface area (Å²) in [5, 5.41) is 0. The number of nitrogens with zero attached hydrogens (tertiary/aromatic N) is 1. The summed E-state index contributed by atoms with van der Waals surface area (Å²) in [7, 11) is 0. The van der Waals surface area contributed by atoms with Gasteiger partial charge >= 0.3 is 0 Å². The predicted octanol–water partition coefficient (Wildman–Crippen LogP) is 0.917. The van der Waals surface area contributed by atoms with Gasteiger partial charge < -0.3 is 10.6 Å². The zero-order valence-electron chi connectivity index (χ0n) is 8.23. The number of nitrogens with two attached hydrogens (primary N) is 1. The number of hydrogen-bond donors (Lipinski definition) is 1. The molecule has 0 unspecified atom stereocenters. The molecule has 74 valence electrons. The number of aryl methyl sites for hydroxylation is 1. The number of anilines is 1. The average Bonchev–Trinajstić information content (AvgIpc) is 2.05. The maximum atomic E-state index is 10.8. The van der Waals surface area contributed by atoms with Crippen LogP contribution in [0, 0.1) is 12.8 Å². The third-order valence-corrected chi connectivity index (χ3v) is 2.74. The minimum atomic E-state index is -0.185. The number of primary amides is 1. The fourth-order valence-corrected chi connectivity index (χ4v) is 1.77. The second kappa shape index (κ2) is 3.33. The number of benzene rings is 1. The van der Waals surface area contributed by atoms with Gasteiger partial charge in [0.25, 0.3) is 0 Å². The highest BCUT2D eigenvalue weighted by atomic mass is 16.1. The van der Waals surface area contributed by atoms with Gasteiger partial charge in [-0.2, -0.15) is 0 Å². The molecule has 0 bridgehead atoms. The van der Waals surface area contributed by atoms with Crippen LogP contribution in [0.2, 0.25) is 0 Å². The van der Waals surface area contributed by atoms with Gasteiger partial charge in [-0.3, -0.25) is 4.79 Å². The summed E-state index contributed by atoms with van der Waals surface area (Å²) in [4.78, 5) is 13.0. The Hall–Kier alpha value is -1.51. The maximum absolute atomic E-state index is 10.8. The Morgan fingerprint density at radius 1 is 1.43 bits per heavy atom. The second-order valence-electron chi connectivity index (χ2n) is 3.79. The first-order valence-electron chi connectivity index (χ1n) is 4.78. The van der Waals surface area contributed by atoms with E-state index in [1.165, 1.54) is 11.3 Å². The normalized spacial score (nSPS) is 16.5. The summed E-state index contributed by atoms with van der Waals surface area (Å²) in [6.07, 6.45) is 0. The standard InChI is InChI=1S/C11H14N2O/c1-8-4-2-3-5-10(8)13-6-9(7-13)11(12)14/h2-5,9H,6-7H2,1H3,(H2,12,14). The van der Waals surface area contributed by atoms with Gasteiger partial charge in [-0.25, -0.2) is 0 Å². The van der Waals surface area contributed by atoms with Gasteiger partial charge in [0.15, 0.2) is 0 Å². The lowest BCUT2D eigenvalue weighted by molar-refractivity contribution is -0.122. The van der Waals surface area contributed by atoms with Crippen molar-refractivity contribution in [1.29, 1.82) is 0 Å². The highest BCUT2D eigenvalue weighted by Gasteiger charge is 2.31. The average molecular weight is 190 g/mol. The van der Waals surface area contributed by atoms with Crippen molar-refractivity contribution >= 4 is 11.6 Å². The quantitative estimate of drug-likeness (QED) is 0.753. The van der Waals surface area contributed by atoms with Crippen molar-refractivity contribution in [1.82, 2.24) is 0 Å². The van der Waals surface area contributed by atoms with Crippen LogP contribution in [-0.4, -0.2) is 19.0 Å². The molecule has 3 heteroatoms. The van der Waals surface area contributed by atoms with Crippen LogP contribution in [0.5, 0.6) is 0 Å². The lowest BCUT2D eigenvalue weighted by atomic mass is 9.97. The van der Waals surface area contributed by atoms with Crippen molar-refractivity contribution in [3.63, 3.8) is 0 Å². The Kier molecular flexibility index (Phi) is 2.15. The van der Waals surface area contributed by atoms with Crippen LogP contribution < -0.4 is 10.6 Å². The van der Waals surface area contributed by atoms with Crippen molar-refractivity contribution in [2.24, 2.45) is 11.7 Å². The summed E-state index contributed by atoms with van der Waals surface area (Å²) < 4.78 is 0. The molecule has 3 nitrogen and oxygen atoms in total. The van der Waals surface area contributed by atoms with Crippen molar-refractivity contribution < 1.29 is 4.79 Å². The van der Waals surface area contributed by atoms with Crippen LogP contribution in [0.1, 0.15) is 5.56 Å². The number of para-hydroxylation sites is 1. The van der Waals surface area contributed by atoms with E-state index in [2.05, 4.69) is 24.0 Å². The first-order valence-corrected chi connectivity index (χ1v) is 4.78. The van der Waals surface area contributed by atoms with E-state index < -0.39 is 0 Å². The Labute approximate surface area is 83.5 Å². The number of rotatable bonds is 2. The molecule has 1 aromatic rings. The van der Waals surface area contributed by atoms with Crippen LogP contribution in [0.15, 0.2) is 24.3 Å². The van der Waals surface area contributed by atoms with Crippen molar-refractivity contribution in [3.8, 4) is 0 Å². The van der Waals surface area contributed by atoms with Crippen LogP contribution in [0.25, 0.3) is 0 Å². The molecule has 1 aliphatic heterocycles. The van der Waals surface area contributed by atoms with Crippen LogP contribution in [-0.2, 0) is 4.79 Å². The smallest absolute Gasteiger partial charge is 0.224 e. The van der Waals surface area contributed by atoms with Gasteiger partial charge in [0.2, 0.25) is 5.91 Å². The van der Waals surface area contributed by atoms with Crippen LogP contribution in [0.3, 0.4) is 0 Å². The molecule has 2 N–H and O–H groups in total. The molecule has 0 radical (unpaired) electrons. The molecule has 0 spiro atoms. The highest BCUT2D eigenvalue weighted by molar-refractivity contribution is 5.80. The number of carbonyl (C=O) groups excluding carboxylic acids is 1. The third kappa shape index (κ3) is 1.45. The van der Waals surface area contributed by atoms with Gasteiger partial charge in [0, 0.05) is 18.8 Å². The highest BCUT2D eigenvalue weighted by Crippen LogP contribution is 2.26. The van der Waals surface area contributed by atoms with E-state index in [-0.39, 0.29) is 11.8 Å². The molecule has 0 saturated carbocycles. The molecule has 1 aromatic carbocycles. The van der Waals surface area contributed by atoms with Crippen molar-refractivity contribution in [3.05, 3.63) is 29.8 Å². The van der Waals surface area contributed by atoms with E-state index in [0.29, 0.717) is 0 Å². The molecular formula is C11H14N2O. The fraction of sp³-hybridized carbons (Fsp3) is 0.364. The first-order chi connectivity index (χ1) is 6.68. The topological polar surface area (TPSA) is 46.3 Å². The largest absolute Gasteiger partial charge is 0.370 e. The molecule has 2 rings (SSSR count). The Morgan fingerprint density at radius 3 is 2.64 bits per heavy atom. The lowest BCUT2D eigenvalue weighted by Gasteiger charge is -2.40. The summed E-state index contributed by atoms with van der Waals surface area (Å²) in [5.41, 5.74) is 7.67. The fourth-order valence-electron chi connectivity index (χ4n) is 1.77. The van der Waals surface area contributed by atoms with Gasteiger partial charge in [-0.1, -0.05) is 18.2 Å². The molecule has 0 aliphatic carbocycles. The molecule has 1 aliphatic rings. The van der Waals surface area contributed by atoms with Crippen LogP contribution in [0.4, 0.5) is 5.69 Å². The van der Waals surface area contributed by atoms with Crippen molar-refractivity contribution in [2.45, 2.75) is 6.92 Å². The molecule has 1 saturated heterocycles. The minimum Gasteiger partial charge on any atom is -0.370 e. The van der Waals surface area contributed by atoms with Gasteiger partial charge in [-0.15, -0.1) is 0 Å². The van der Waals surface area contributed by atoms with E-state index in [9.17, 15) is 4.79 Å². The number of carbonyl (C=O) groups is 1. The van der Waals surface area contributed by atoms with Crippen LogP contribution >= 0.6 is 0 Å². The number of hydrogen-bond acceptors (Lipinski definition) is 2. The molecule has 0 aromatic heterocycles. The van der Waals surface area contributed by atoms with E-state index >= 15 is 0 Å². The lowest BCUT2D eigenvalue weighted by Crippen LogP contribution is -2.52. The first kappa shape index (κ1) is 9.06. The summed E-state index contributed by atoms with van der Waals surface area (Å²) >= 11 is 0. The number of amides is 1. The Bertz CT molecular complexity index is 356. The van der Waals surface area contributed by atoms with Gasteiger partial charge in [-0.05, 0) is 18.6 Å². The summed E-state index contributed by atoms with van der Waals surface area (Å²) in [6.45, 7) is 3.60. The zero-order valence-corrected chi connectivity index (χ0v) is 8.23. The van der Waals surface area contributed by atoms with E-state index in [1.54, 1.807) is 0 Å². The second-order valence-corrected chi connectivity index (χ2v) is 3.79. The van der Waals surface area contributed by atoms with Crippen molar-refractivity contribution in [2.75, 3.05) is 18.0 Å². The van der Waals surface area contributed by atoms with Gasteiger partial charge in [0.1, 0.15) is 0 Å². The maximum Gasteiger partial charge on any atom is 0.224 e. The Balaban J connectivity index is 2.07. The Morgan fingerprint density at radius 2 is 2.07 bits per heavy atom. The van der Waals surface area contributed by atoms with Gasteiger partial charge in [0.05, 0.1) is 5.92 Å². The molecule has 14 heavy (non-hydrogen) atoms. The van der Waals surface area contributed by atoms with E-state index in [0.717, 1.165) is 13.1 Å².